The van der Waals surface area contributed by atoms with E-state index >= 15 is 0 Å². The molecule has 1 rings (SSSR count). The summed E-state index contributed by atoms with van der Waals surface area (Å²) in [7, 11) is 3.43. The molecule has 0 saturated heterocycles. The van der Waals surface area contributed by atoms with Gasteiger partial charge in [0.05, 0.1) is 13.7 Å². The standard InChI is InChI=1S/C17H29N3O2.HI/c1-7-10-22-14-9-8-13(11-15(14)21-6)12-19-16(18-5)20-17(2,3)4;/h8-9,11H,7,10,12H2,1-6H3,(H2,18,19,20);1H. The summed E-state index contributed by atoms with van der Waals surface area (Å²) in [6, 6.07) is 5.97. The third kappa shape index (κ3) is 8.29. The van der Waals surface area contributed by atoms with Crippen LogP contribution < -0.4 is 20.1 Å². The van der Waals surface area contributed by atoms with Crippen molar-refractivity contribution in [2.45, 2.75) is 46.2 Å². The van der Waals surface area contributed by atoms with Crippen LogP contribution in [0.2, 0.25) is 0 Å². The Bertz CT molecular complexity index is 499. The quantitative estimate of drug-likeness (QED) is 0.408. The summed E-state index contributed by atoms with van der Waals surface area (Å²) in [5.41, 5.74) is 1.08. The van der Waals surface area contributed by atoms with Crippen LogP contribution in [0.1, 0.15) is 39.7 Å². The second-order valence-electron chi connectivity index (χ2n) is 6.13. The van der Waals surface area contributed by atoms with E-state index in [-0.39, 0.29) is 29.5 Å². The Hall–Kier alpha value is -1.18. The fourth-order valence-electron chi connectivity index (χ4n) is 1.87. The second-order valence-corrected chi connectivity index (χ2v) is 6.13. The number of methoxy groups -OCH3 is 1. The molecule has 2 N–H and O–H groups in total. The third-order valence-electron chi connectivity index (χ3n) is 2.87. The summed E-state index contributed by atoms with van der Waals surface area (Å²) in [5.74, 6) is 2.31. The molecule has 0 heterocycles. The van der Waals surface area contributed by atoms with Gasteiger partial charge in [-0.25, -0.2) is 0 Å². The SMILES string of the molecule is CCCOc1ccc(CNC(=NC)NC(C)(C)C)cc1OC.I. The average Bonchev–Trinajstić information content (AvgIpc) is 2.48. The van der Waals surface area contributed by atoms with Gasteiger partial charge in [-0.3, -0.25) is 4.99 Å². The molecule has 0 bridgehead atoms. The van der Waals surface area contributed by atoms with Crippen molar-refractivity contribution in [2.24, 2.45) is 4.99 Å². The van der Waals surface area contributed by atoms with Crippen molar-refractivity contribution in [1.82, 2.24) is 10.6 Å². The smallest absolute Gasteiger partial charge is 0.191 e. The lowest BCUT2D eigenvalue weighted by atomic mass is 10.1. The number of benzene rings is 1. The van der Waals surface area contributed by atoms with Gasteiger partial charge in [-0.15, -0.1) is 24.0 Å². The maximum absolute atomic E-state index is 5.66. The molecule has 0 spiro atoms. The summed E-state index contributed by atoms with van der Waals surface area (Å²) in [6.07, 6.45) is 0.973. The van der Waals surface area contributed by atoms with Crippen molar-refractivity contribution >= 4 is 29.9 Å². The minimum Gasteiger partial charge on any atom is -0.493 e. The molecule has 0 radical (unpaired) electrons. The van der Waals surface area contributed by atoms with Crippen molar-refractivity contribution in [1.29, 1.82) is 0 Å². The molecule has 5 nitrogen and oxygen atoms in total. The van der Waals surface area contributed by atoms with Gasteiger partial charge in [0.2, 0.25) is 0 Å². The summed E-state index contributed by atoms with van der Waals surface area (Å²) in [4.78, 5) is 4.23. The monoisotopic (exact) mass is 435 g/mol. The molecule has 0 aliphatic rings. The van der Waals surface area contributed by atoms with Crippen LogP contribution in [0.4, 0.5) is 0 Å². The average molecular weight is 435 g/mol. The lowest BCUT2D eigenvalue weighted by Crippen LogP contribution is -2.47. The topological polar surface area (TPSA) is 54.9 Å². The van der Waals surface area contributed by atoms with E-state index in [0.29, 0.717) is 13.2 Å². The van der Waals surface area contributed by atoms with Crippen LogP contribution in [0.3, 0.4) is 0 Å². The molecule has 6 heteroatoms. The maximum atomic E-state index is 5.66. The van der Waals surface area contributed by atoms with Gasteiger partial charge in [0.1, 0.15) is 0 Å². The fourth-order valence-corrected chi connectivity index (χ4v) is 1.87. The molecule has 132 valence electrons. The van der Waals surface area contributed by atoms with Gasteiger partial charge in [-0.05, 0) is 44.9 Å². The summed E-state index contributed by atoms with van der Waals surface area (Å²) >= 11 is 0. The number of nitrogens with zero attached hydrogens (tertiary/aromatic N) is 1. The zero-order chi connectivity index (χ0) is 16.6. The van der Waals surface area contributed by atoms with E-state index in [9.17, 15) is 0 Å². The van der Waals surface area contributed by atoms with Crippen LogP contribution in [-0.4, -0.2) is 32.3 Å². The molecule has 0 atom stereocenters. The molecule has 0 aromatic heterocycles. The Kier molecular flexibility index (Phi) is 10.0. The van der Waals surface area contributed by atoms with E-state index in [1.165, 1.54) is 0 Å². The second kappa shape index (κ2) is 10.6. The Morgan fingerprint density at radius 3 is 2.43 bits per heavy atom. The molecule has 1 aromatic rings. The first-order chi connectivity index (χ1) is 10.4. The van der Waals surface area contributed by atoms with Gasteiger partial charge >= 0.3 is 0 Å². The van der Waals surface area contributed by atoms with Crippen LogP contribution in [-0.2, 0) is 6.54 Å². The Labute approximate surface area is 157 Å². The molecular formula is C17H30IN3O2. The van der Waals surface area contributed by atoms with E-state index < -0.39 is 0 Å². The number of aliphatic imine (C=N–C) groups is 1. The predicted octanol–water partition coefficient (Wildman–Crippen LogP) is 3.57. The van der Waals surface area contributed by atoms with E-state index in [1.54, 1.807) is 14.2 Å². The van der Waals surface area contributed by atoms with E-state index in [2.05, 4.69) is 43.3 Å². The van der Waals surface area contributed by atoms with Crippen molar-refractivity contribution in [3.63, 3.8) is 0 Å². The highest BCUT2D eigenvalue weighted by Gasteiger charge is 2.12. The first-order valence-electron chi connectivity index (χ1n) is 7.68. The van der Waals surface area contributed by atoms with E-state index in [0.717, 1.165) is 29.4 Å². The van der Waals surface area contributed by atoms with E-state index in [4.69, 9.17) is 9.47 Å². The van der Waals surface area contributed by atoms with Gasteiger partial charge in [-0.2, -0.15) is 0 Å². The molecule has 0 unspecified atom stereocenters. The molecule has 0 amide bonds. The Balaban J connectivity index is 0.00000484. The highest BCUT2D eigenvalue weighted by Crippen LogP contribution is 2.28. The first kappa shape index (κ1) is 21.8. The molecule has 0 aliphatic carbocycles. The van der Waals surface area contributed by atoms with Crippen LogP contribution >= 0.6 is 24.0 Å². The fraction of sp³-hybridized carbons (Fsp3) is 0.588. The summed E-state index contributed by atoms with van der Waals surface area (Å²) in [6.45, 7) is 9.74. The molecule has 23 heavy (non-hydrogen) atoms. The van der Waals surface area contributed by atoms with Gasteiger partial charge in [0, 0.05) is 19.1 Å². The zero-order valence-corrected chi connectivity index (χ0v) is 17.4. The van der Waals surface area contributed by atoms with Gasteiger partial charge in [-0.1, -0.05) is 13.0 Å². The van der Waals surface area contributed by atoms with Gasteiger partial charge < -0.3 is 20.1 Å². The number of hydrogen-bond acceptors (Lipinski definition) is 3. The van der Waals surface area contributed by atoms with Crippen molar-refractivity contribution in [2.75, 3.05) is 20.8 Å². The minimum absolute atomic E-state index is 0. The molecule has 0 fully saturated rings. The van der Waals surface area contributed by atoms with Crippen LogP contribution in [0.25, 0.3) is 0 Å². The Morgan fingerprint density at radius 2 is 1.91 bits per heavy atom. The number of hydrogen-bond donors (Lipinski definition) is 2. The lowest BCUT2D eigenvalue weighted by Gasteiger charge is -2.23. The lowest BCUT2D eigenvalue weighted by molar-refractivity contribution is 0.294. The molecule has 0 aliphatic heterocycles. The predicted molar refractivity (Wildman–Crippen MR) is 107 cm³/mol. The van der Waals surface area contributed by atoms with Gasteiger partial charge in [0.15, 0.2) is 17.5 Å². The van der Waals surface area contributed by atoms with Crippen LogP contribution in [0.15, 0.2) is 23.2 Å². The van der Waals surface area contributed by atoms with Crippen LogP contribution in [0, 0.1) is 0 Å². The maximum Gasteiger partial charge on any atom is 0.191 e. The summed E-state index contributed by atoms with van der Waals surface area (Å²) in [5, 5.41) is 6.63. The largest absolute Gasteiger partial charge is 0.493 e. The number of ether oxygens (including phenoxy) is 2. The number of guanidine groups is 1. The third-order valence-corrected chi connectivity index (χ3v) is 2.87. The number of halogens is 1. The van der Waals surface area contributed by atoms with Crippen molar-refractivity contribution in [3.8, 4) is 11.5 Å². The number of nitrogens with one attached hydrogen (secondary N) is 2. The highest BCUT2D eigenvalue weighted by molar-refractivity contribution is 14.0. The molecule has 1 aromatic carbocycles. The minimum atomic E-state index is -0.0304. The number of rotatable bonds is 6. The molecular weight excluding hydrogens is 405 g/mol. The first-order valence-corrected chi connectivity index (χ1v) is 7.68. The van der Waals surface area contributed by atoms with Gasteiger partial charge in [0.25, 0.3) is 0 Å². The highest BCUT2D eigenvalue weighted by atomic mass is 127. The van der Waals surface area contributed by atoms with Crippen molar-refractivity contribution < 1.29 is 9.47 Å². The zero-order valence-electron chi connectivity index (χ0n) is 15.0. The van der Waals surface area contributed by atoms with E-state index in [1.807, 2.05) is 18.2 Å². The Morgan fingerprint density at radius 1 is 1.22 bits per heavy atom. The summed E-state index contributed by atoms with van der Waals surface area (Å²) < 4.78 is 11.1. The molecule has 0 saturated carbocycles. The van der Waals surface area contributed by atoms with Crippen molar-refractivity contribution in [3.05, 3.63) is 23.8 Å². The van der Waals surface area contributed by atoms with Crippen LogP contribution in [0.5, 0.6) is 11.5 Å². The normalized spacial score (nSPS) is 11.5.